The molecule has 0 aliphatic rings. The highest BCUT2D eigenvalue weighted by Crippen LogP contribution is 2.24. The van der Waals surface area contributed by atoms with Gasteiger partial charge >= 0.3 is 0 Å². The average molecular weight is 256 g/mol. The Bertz CT molecular complexity index is 505. The van der Waals surface area contributed by atoms with Crippen LogP contribution in [-0.4, -0.2) is 25.8 Å². The molecule has 2 N–H and O–H groups in total. The summed E-state index contributed by atoms with van der Waals surface area (Å²) in [7, 11) is -3.42. The Morgan fingerprint density at radius 1 is 1.12 bits per heavy atom. The number of anilines is 1. The van der Waals surface area contributed by atoms with Crippen molar-refractivity contribution in [3.8, 4) is 0 Å². The van der Waals surface area contributed by atoms with Gasteiger partial charge in [0.1, 0.15) is 0 Å². The summed E-state index contributed by atoms with van der Waals surface area (Å²) in [6.45, 7) is 8.25. The first-order chi connectivity index (χ1) is 7.84. The topological polar surface area (TPSA) is 63.4 Å². The van der Waals surface area contributed by atoms with Crippen LogP contribution in [0.25, 0.3) is 0 Å². The summed E-state index contributed by atoms with van der Waals surface area (Å²) in [6.07, 6.45) is 0. The summed E-state index contributed by atoms with van der Waals surface area (Å²) in [5.74, 6) is 0. The summed E-state index contributed by atoms with van der Waals surface area (Å²) in [5.41, 5.74) is 7.94. The molecule has 0 fully saturated rings. The molecule has 0 saturated carbocycles. The molecule has 0 amide bonds. The fourth-order valence-electron chi connectivity index (χ4n) is 1.83. The second kappa shape index (κ2) is 5.06. The van der Waals surface area contributed by atoms with Crippen LogP contribution in [0.3, 0.4) is 0 Å². The lowest BCUT2D eigenvalue weighted by atomic mass is 10.1. The Morgan fingerprint density at radius 2 is 1.65 bits per heavy atom. The maximum absolute atomic E-state index is 12.3. The minimum Gasteiger partial charge on any atom is -0.398 e. The zero-order valence-electron chi connectivity index (χ0n) is 10.8. The van der Waals surface area contributed by atoms with Crippen LogP contribution in [-0.2, 0) is 10.0 Å². The molecule has 0 aliphatic carbocycles. The lowest BCUT2D eigenvalue weighted by molar-refractivity contribution is 0.445. The van der Waals surface area contributed by atoms with Gasteiger partial charge in [0.05, 0.1) is 4.90 Å². The third-order valence-electron chi connectivity index (χ3n) is 2.89. The van der Waals surface area contributed by atoms with E-state index in [1.165, 1.54) is 4.31 Å². The van der Waals surface area contributed by atoms with E-state index in [0.29, 0.717) is 23.7 Å². The van der Waals surface area contributed by atoms with Gasteiger partial charge in [-0.15, -0.1) is 0 Å². The standard InChI is InChI=1S/C12H20N2O2S/c1-5-14(6-2)17(15,16)12-8-11(13)9(3)7-10(12)4/h7-8H,5-6,13H2,1-4H3. The zero-order valence-corrected chi connectivity index (χ0v) is 11.6. The third-order valence-corrected chi connectivity index (χ3v) is 5.08. The van der Waals surface area contributed by atoms with Crippen LogP contribution in [0.4, 0.5) is 5.69 Å². The monoisotopic (exact) mass is 256 g/mol. The van der Waals surface area contributed by atoms with Crippen molar-refractivity contribution in [3.63, 3.8) is 0 Å². The van der Waals surface area contributed by atoms with E-state index < -0.39 is 10.0 Å². The highest BCUT2D eigenvalue weighted by Gasteiger charge is 2.23. The molecule has 1 aromatic rings. The maximum Gasteiger partial charge on any atom is 0.243 e. The number of nitrogen functional groups attached to an aromatic ring is 1. The number of benzene rings is 1. The molecule has 96 valence electrons. The Kier molecular flexibility index (Phi) is 4.16. The van der Waals surface area contributed by atoms with Crippen LogP contribution >= 0.6 is 0 Å². The number of hydrogen-bond acceptors (Lipinski definition) is 3. The van der Waals surface area contributed by atoms with Crippen LogP contribution < -0.4 is 5.73 Å². The number of sulfonamides is 1. The van der Waals surface area contributed by atoms with E-state index >= 15 is 0 Å². The van der Waals surface area contributed by atoms with Gasteiger partial charge in [-0.3, -0.25) is 0 Å². The molecule has 0 radical (unpaired) electrons. The van der Waals surface area contributed by atoms with Gasteiger partial charge in [-0.25, -0.2) is 8.42 Å². The van der Waals surface area contributed by atoms with Crippen LogP contribution in [0, 0.1) is 13.8 Å². The smallest absolute Gasteiger partial charge is 0.243 e. The molecule has 1 rings (SSSR count). The van der Waals surface area contributed by atoms with Crippen LogP contribution in [0.1, 0.15) is 25.0 Å². The minimum atomic E-state index is -3.42. The van der Waals surface area contributed by atoms with Crippen molar-refractivity contribution in [2.24, 2.45) is 0 Å². The molecular weight excluding hydrogens is 236 g/mol. The number of nitrogens with zero attached hydrogens (tertiary/aromatic N) is 1. The van der Waals surface area contributed by atoms with Crippen molar-refractivity contribution in [1.29, 1.82) is 0 Å². The summed E-state index contributed by atoms with van der Waals surface area (Å²) in [5, 5.41) is 0. The Labute approximate surface area is 103 Å². The first-order valence-electron chi connectivity index (χ1n) is 5.71. The third kappa shape index (κ3) is 2.61. The van der Waals surface area contributed by atoms with E-state index in [1.807, 2.05) is 26.8 Å². The van der Waals surface area contributed by atoms with E-state index in [0.717, 1.165) is 11.1 Å². The molecule has 0 atom stereocenters. The summed E-state index contributed by atoms with van der Waals surface area (Å²) in [4.78, 5) is 0.310. The van der Waals surface area contributed by atoms with Gasteiger partial charge in [0.25, 0.3) is 0 Å². The molecule has 17 heavy (non-hydrogen) atoms. The first-order valence-corrected chi connectivity index (χ1v) is 7.15. The molecule has 0 aromatic heterocycles. The molecular formula is C12H20N2O2S. The predicted octanol–water partition coefficient (Wildman–Crippen LogP) is 1.92. The second-order valence-electron chi connectivity index (χ2n) is 4.06. The van der Waals surface area contributed by atoms with Crippen molar-refractivity contribution in [2.75, 3.05) is 18.8 Å². The zero-order chi connectivity index (χ0) is 13.2. The van der Waals surface area contributed by atoms with Crippen LogP contribution in [0.5, 0.6) is 0 Å². The summed E-state index contributed by atoms with van der Waals surface area (Å²) < 4.78 is 26.1. The van der Waals surface area contributed by atoms with Gasteiger partial charge in [0, 0.05) is 18.8 Å². The molecule has 1 aromatic carbocycles. The SMILES string of the molecule is CCN(CC)S(=O)(=O)c1cc(N)c(C)cc1C. The second-order valence-corrected chi connectivity index (χ2v) is 5.97. The number of aryl methyl sites for hydroxylation is 2. The van der Waals surface area contributed by atoms with E-state index in [2.05, 4.69) is 0 Å². The number of rotatable bonds is 4. The lowest BCUT2D eigenvalue weighted by Gasteiger charge is -2.20. The maximum atomic E-state index is 12.3. The molecule has 0 spiro atoms. The van der Waals surface area contributed by atoms with Crippen molar-refractivity contribution in [1.82, 2.24) is 4.31 Å². The Morgan fingerprint density at radius 3 is 2.12 bits per heavy atom. The highest BCUT2D eigenvalue weighted by atomic mass is 32.2. The van der Waals surface area contributed by atoms with Gasteiger partial charge in [0.15, 0.2) is 0 Å². The highest BCUT2D eigenvalue weighted by molar-refractivity contribution is 7.89. The van der Waals surface area contributed by atoms with Crippen molar-refractivity contribution in [2.45, 2.75) is 32.6 Å². The van der Waals surface area contributed by atoms with Crippen LogP contribution in [0.2, 0.25) is 0 Å². The molecule has 0 aliphatic heterocycles. The van der Waals surface area contributed by atoms with E-state index in [9.17, 15) is 8.42 Å². The van der Waals surface area contributed by atoms with Crippen molar-refractivity contribution in [3.05, 3.63) is 23.3 Å². The van der Waals surface area contributed by atoms with Gasteiger partial charge in [-0.05, 0) is 31.0 Å². The van der Waals surface area contributed by atoms with Gasteiger partial charge < -0.3 is 5.73 Å². The van der Waals surface area contributed by atoms with Gasteiger partial charge in [-0.2, -0.15) is 4.31 Å². The molecule has 5 heteroatoms. The van der Waals surface area contributed by atoms with E-state index in [4.69, 9.17) is 5.73 Å². The van der Waals surface area contributed by atoms with Crippen molar-refractivity contribution < 1.29 is 8.42 Å². The van der Waals surface area contributed by atoms with E-state index in [1.54, 1.807) is 13.0 Å². The molecule has 0 unspecified atom stereocenters. The molecule has 0 saturated heterocycles. The normalized spacial score (nSPS) is 12.1. The largest absolute Gasteiger partial charge is 0.398 e. The van der Waals surface area contributed by atoms with Crippen molar-refractivity contribution >= 4 is 15.7 Å². The lowest BCUT2D eigenvalue weighted by Crippen LogP contribution is -2.31. The Balaban J connectivity index is 3.38. The summed E-state index contributed by atoms with van der Waals surface area (Å²) in [6, 6.07) is 3.37. The first kappa shape index (κ1) is 14.0. The minimum absolute atomic E-state index is 0.310. The van der Waals surface area contributed by atoms with E-state index in [-0.39, 0.29) is 0 Å². The fourth-order valence-corrected chi connectivity index (χ4v) is 3.53. The predicted molar refractivity (Wildman–Crippen MR) is 70.4 cm³/mol. The fraction of sp³-hybridized carbons (Fsp3) is 0.500. The molecule has 0 heterocycles. The van der Waals surface area contributed by atoms with Gasteiger partial charge in [-0.1, -0.05) is 19.9 Å². The summed E-state index contributed by atoms with van der Waals surface area (Å²) >= 11 is 0. The van der Waals surface area contributed by atoms with Crippen LogP contribution in [0.15, 0.2) is 17.0 Å². The average Bonchev–Trinajstić information content (AvgIpc) is 2.24. The van der Waals surface area contributed by atoms with Gasteiger partial charge in [0.2, 0.25) is 10.0 Å². The quantitative estimate of drug-likeness (QED) is 0.837. The Hall–Kier alpha value is -1.07. The number of hydrogen-bond donors (Lipinski definition) is 1. The number of nitrogens with two attached hydrogens (primary N) is 1. The molecule has 4 nitrogen and oxygen atoms in total. The molecule has 0 bridgehead atoms.